The van der Waals surface area contributed by atoms with Crippen LogP contribution in [0.5, 0.6) is 0 Å². The second-order valence-corrected chi connectivity index (χ2v) is 7.77. The van der Waals surface area contributed by atoms with Crippen molar-refractivity contribution in [2.45, 2.75) is 43.9 Å². The molecule has 5 nitrogen and oxygen atoms in total. The van der Waals surface area contributed by atoms with Gasteiger partial charge in [-0.15, -0.1) is 0 Å². The first-order valence-corrected chi connectivity index (χ1v) is 8.15. The van der Waals surface area contributed by atoms with Gasteiger partial charge in [0, 0.05) is 19.6 Å². The summed E-state index contributed by atoms with van der Waals surface area (Å²) < 4.78 is 32.6. The normalized spacial score (nSPS) is 23.7. The maximum Gasteiger partial charge on any atom is 0.243 e. The summed E-state index contributed by atoms with van der Waals surface area (Å²) in [5.41, 5.74) is 5.98. The fourth-order valence-corrected chi connectivity index (χ4v) is 4.19. The minimum atomic E-state index is -3.48. The third kappa shape index (κ3) is 3.20. The molecular weight excluding hydrogens is 276 g/mol. The van der Waals surface area contributed by atoms with Crippen molar-refractivity contribution in [2.75, 3.05) is 13.1 Å². The molecule has 0 bridgehead atoms. The Bertz CT molecular complexity index is 567. The highest BCUT2D eigenvalue weighted by Gasteiger charge is 2.37. The third-order valence-corrected chi connectivity index (χ3v) is 5.16. The smallest absolute Gasteiger partial charge is 0.243 e. The lowest BCUT2D eigenvalue weighted by molar-refractivity contribution is -0.109. The average molecular weight is 298 g/mol. The number of benzene rings is 1. The average Bonchev–Trinajstić information content (AvgIpc) is 2.36. The quantitative estimate of drug-likeness (QED) is 0.914. The Kier molecular flexibility index (Phi) is 4.20. The van der Waals surface area contributed by atoms with Crippen molar-refractivity contribution in [2.24, 2.45) is 5.73 Å². The summed E-state index contributed by atoms with van der Waals surface area (Å²) in [6.45, 7) is 6.84. The molecule has 1 saturated heterocycles. The van der Waals surface area contributed by atoms with E-state index < -0.39 is 15.6 Å². The molecule has 0 aliphatic carbocycles. The van der Waals surface area contributed by atoms with Gasteiger partial charge in [0.25, 0.3) is 0 Å². The van der Waals surface area contributed by atoms with E-state index in [0.717, 1.165) is 5.56 Å². The molecule has 1 aromatic rings. The third-order valence-electron chi connectivity index (χ3n) is 3.33. The highest BCUT2D eigenvalue weighted by atomic mass is 32.2. The van der Waals surface area contributed by atoms with Gasteiger partial charge in [0.2, 0.25) is 10.0 Å². The molecule has 0 radical (unpaired) electrons. The summed E-state index contributed by atoms with van der Waals surface area (Å²) in [6, 6.07) is 6.74. The number of nitrogens with zero attached hydrogens (tertiary/aromatic N) is 1. The van der Waals surface area contributed by atoms with Crippen LogP contribution in [-0.2, 0) is 21.3 Å². The van der Waals surface area contributed by atoms with Gasteiger partial charge >= 0.3 is 0 Å². The molecular formula is C14H22N2O3S. The van der Waals surface area contributed by atoms with Crippen LogP contribution in [0, 0.1) is 0 Å². The largest absolute Gasteiger partial charge is 0.370 e. The van der Waals surface area contributed by atoms with E-state index in [1.807, 2.05) is 20.8 Å². The maximum absolute atomic E-state index is 12.7. The molecule has 0 saturated carbocycles. The van der Waals surface area contributed by atoms with Gasteiger partial charge < -0.3 is 10.5 Å². The van der Waals surface area contributed by atoms with E-state index in [-0.39, 0.29) is 6.10 Å². The summed E-state index contributed by atoms with van der Waals surface area (Å²) in [7, 11) is -3.48. The van der Waals surface area contributed by atoms with Crippen LogP contribution in [0.1, 0.15) is 26.3 Å². The number of ether oxygens (including phenoxy) is 1. The molecule has 2 rings (SSSR count). The van der Waals surface area contributed by atoms with Gasteiger partial charge in [0.05, 0.1) is 16.6 Å². The summed E-state index contributed by atoms with van der Waals surface area (Å²) in [4.78, 5) is 0.305. The topological polar surface area (TPSA) is 72.6 Å². The monoisotopic (exact) mass is 298 g/mol. The lowest BCUT2D eigenvalue weighted by Crippen LogP contribution is -2.53. The zero-order valence-corrected chi connectivity index (χ0v) is 13.0. The lowest BCUT2D eigenvalue weighted by Gasteiger charge is -2.40. The van der Waals surface area contributed by atoms with E-state index in [4.69, 9.17) is 10.5 Å². The number of morpholine rings is 1. The van der Waals surface area contributed by atoms with Crippen LogP contribution >= 0.6 is 0 Å². The van der Waals surface area contributed by atoms with Gasteiger partial charge in [-0.3, -0.25) is 0 Å². The van der Waals surface area contributed by atoms with Gasteiger partial charge in [0.15, 0.2) is 0 Å². The van der Waals surface area contributed by atoms with Gasteiger partial charge in [-0.2, -0.15) is 4.31 Å². The van der Waals surface area contributed by atoms with Crippen molar-refractivity contribution in [3.05, 3.63) is 29.8 Å². The van der Waals surface area contributed by atoms with Gasteiger partial charge in [0.1, 0.15) is 0 Å². The van der Waals surface area contributed by atoms with Crippen molar-refractivity contribution in [1.29, 1.82) is 0 Å². The van der Waals surface area contributed by atoms with E-state index in [1.165, 1.54) is 4.31 Å². The summed E-state index contributed by atoms with van der Waals surface area (Å²) in [5.74, 6) is 0. The molecule has 0 aromatic heterocycles. The first-order valence-electron chi connectivity index (χ1n) is 6.71. The van der Waals surface area contributed by atoms with Crippen molar-refractivity contribution in [3.63, 3.8) is 0 Å². The number of hydrogen-bond acceptors (Lipinski definition) is 4. The zero-order valence-electron chi connectivity index (χ0n) is 12.2. The van der Waals surface area contributed by atoms with E-state index in [0.29, 0.717) is 24.5 Å². The molecule has 1 atom stereocenters. The Labute approximate surface area is 120 Å². The van der Waals surface area contributed by atoms with Crippen LogP contribution in [0.4, 0.5) is 0 Å². The van der Waals surface area contributed by atoms with Crippen molar-refractivity contribution >= 4 is 10.0 Å². The van der Waals surface area contributed by atoms with Crippen LogP contribution in [0.15, 0.2) is 29.2 Å². The van der Waals surface area contributed by atoms with Crippen LogP contribution in [0.2, 0.25) is 0 Å². The number of hydrogen-bond donors (Lipinski definition) is 1. The molecule has 1 unspecified atom stereocenters. The van der Waals surface area contributed by atoms with E-state index in [2.05, 4.69) is 0 Å². The Hall–Kier alpha value is -0.950. The Morgan fingerprint density at radius 2 is 1.95 bits per heavy atom. The Morgan fingerprint density at radius 3 is 2.45 bits per heavy atom. The summed E-state index contributed by atoms with van der Waals surface area (Å²) in [5, 5.41) is 0. The standard InChI is InChI=1S/C14H22N2O3S/c1-11-9-16(10-14(2,3)19-11)20(17,18)13-6-4-12(8-15)5-7-13/h4-7,11H,8-10,15H2,1-3H3. The predicted octanol–water partition coefficient (Wildman–Crippen LogP) is 1.33. The molecule has 112 valence electrons. The van der Waals surface area contributed by atoms with Gasteiger partial charge in [-0.05, 0) is 38.5 Å². The van der Waals surface area contributed by atoms with Crippen molar-refractivity contribution in [1.82, 2.24) is 4.31 Å². The molecule has 1 aliphatic heterocycles. The molecule has 1 fully saturated rings. The molecule has 1 aromatic carbocycles. The summed E-state index contributed by atoms with van der Waals surface area (Å²) in [6.07, 6.45) is -0.114. The zero-order chi connectivity index (χ0) is 15.0. The summed E-state index contributed by atoms with van der Waals surface area (Å²) >= 11 is 0. The maximum atomic E-state index is 12.7. The number of rotatable bonds is 3. The molecule has 0 amide bonds. The second-order valence-electron chi connectivity index (χ2n) is 5.83. The molecule has 2 N–H and O–H groups in total. The second kappa shape index (κ2) is 5.44. The molecule has 1 aliphatic rings. The van der Waals surface area contributed by atoms with E-state index >= 15 is 0 Å². The van der Waals surface area contributed by atoms with Gasteiger partial charge in [-0.25, -0.2) is 8.42 Å². The minimum Gasteiger partial charge on any atom is -0.370 e. The SMILES string of the molecule is CC1CN(S(=O)(=O)c2ccc(CN)cc2)CC(C)(C)O1. The van der Waals surface area contributed by atoms with Crippen LogP contribution in [0.3, 0.4) is 0 Å². The number of sulfonamides is 1. The van der Waals surface area contributed by atoms with E-state index in [9.17, 15) is 8.42 Å². The predicted molar refractivity (Wildman–Crippen MR) is 77.7 cm³/mol. The fraction of sp³-hybridized carbons (Fsp3) is 0.571. The highest BCUT2D eigenvalue weighted by molar-refractivity contribution is 7.89. The molecule has 0 spiro atoms. The van der Waals surface area contributed by atoms with Crippen LogP contribution in [0.25, 0.3) is 0 Å². The molecule has 20 heavy (non-hydrogen) atoms. The molecule has 1 heterocycles. The lowest BCUT2D eigenvalue weighted by atomic mass is 10.1. The first-order chi connectivity index (χ1) is 9.24. The van der Waals surface area contributed by atoms with Crippen LogP contribution in [-0.4, -0.2) is 37.5 Å². The van der Waals surface area contributed by atoms with Gasteiger partial charge in [-0.1, -0.05) is 12.1 Å². The fourth-order valence-electron chi connectivity index (χ4n) is 2.52. The first kappa shape index (κ1) is 15.4. The number of nitrogens with two attached hydrogens (primary N) is 1. The Morgan fingerprint density at radius 1 is 1.35 bits per heavy atom. The Balaban J connectivity index is 2.29. The van der Waals surface area contributed by atoms with Crippen molar-refractivity contribution in [3.8, 4) is 0 Å². The van der Waals surface area contributed by atoms with Crippen molar-refractivity contribution < 1.29 is 13.2 Å². The highest BCUT2D eigenvalue weighted by Crippen LogP contribution is 2.26. The van der Waals surface area contributed by atoms with Crippen LogP contribution < -0.4 is 5.73 Å². The van der Waals surface area contributed by atoms with E-state index in [1.54, 1.807) is 24.3 Å². The molecule has 6 heteroatoms. The minimum absolute atomic E-state index is 0.114.